The summed E-state index contributed by atoms with van der Waals surface area (Å²) in [6.07, 6.45) is 1.05. The van der Waals surface area contributed by atoms with Crippen LogP contribution in [0.15, 0.2) is 24.3 Å². The molecule has 2 heterocycles. The van der Waals surface area contributed by atoms with Gasteiger partial charge in [-0.15, -0.1) is 10.2 Å². The minimum absolute atomic E-state index is 0.324. The molecule has 1 aromatic carbocycles. The third kappa shape index (κ3) is 2.06. The van der Waals surface area contributed by atoms with Crippen molar-refractivity contribution in [3.63, 3.8) is 0 Å². The highest BCUT2D eigenvalue weighted by atomic mass is 16.5. The summed E-state index contributed by atoms with van der Waals surface area (Å²) in [5.74, 6) is 1.48. The molecule has 2 aromatic rings. The molecule has 0 spiro atoms. The monoisotopic (exact) mass is 245 g/mol. The predicted molar refractivity (Wildman–Crippen MR) is 66.3 cm³/mol. The predicted octanol–water partition coefficient (Wildman–Crippen LogP) is 0.883. The molecule has 3 rings (SSSR count). The first-order valence-electron chi connectivity index (χ1n) is 6.01. The van der Waals surface area contributed by atoms with Crippen molar-refractivity contribution in [1.29, 1.82) is 0 Å². The molecule has 1 aliphatic heterocycles. The van der Waals surface area contributed by atoms with Crippen LogP contribution in [0, 0.1) is 0 Å². The van der Waals surface area contributed by atoms with Crippen molar-refractivity contribution in [2.75, 3.05) is 20.2 Å². The minimum Gasteiger partial charge on any atom is -0.497 e. The van der Waals surface area contributed by atoms with Crippen molar-refractivity contribution >= 4 is 0 Å². The molecule has 6 heteroatoms. The largest absolute Gasteiger partial charge is 0.497 e. The van der Waals surface area contributed by atoms with Crippen LogP contribution in [0.3, 0.4) is 0 Å². The number of nitrogens with one attached hydrogen (secondary N) is 1. The van der Waals surface area contributed by atoms with Crippen LogP contribution < -0.4 is 10.1 Å². The number of ether oxygens (including phenoxy) is 1. The molecule has 1 saturated heterocycles. The number of benzene rings is 1. The molecule has 18 heavy (non-hydrogen) atoms. The Balaban J connectivity index is 1.82. The van der Waals surface area contributed by atoms with Gasteiger partial charge in [0.2, 0.25) is 5.82 Å². The molecule has 94 valence electrons. The highest BCUT2D eigenvalue weighted by Gasteiger charge is 2.19. The molecule has 1 aliphatic rings. The molecule has 1 unspecified atom stereocenters. The van der Waals surface area contributed by atoms with E-state index >= 15 is 0 Å². The van der Waals surface area contributed by atoms with E-state index in [4.69, 9.17) is 4.74 Å². The van der Waals surface area contributed by atoms with Crippen LogP contribution in [0.25, 0.3) is 11.4 Å². The number of rotatable bonds is 3. The molecule has 1 N–H and O–H groups in total. The molecule has 0 amide bonds. The van der Waals surface area contributed by atoms with Crippen molar-refractivity contribution in [3.05, 3.63) is 24.3 Å². The Kier molecular flexibility index (Phi) is 2.93. The number of nitrogens with zero attached hydrogens (tertiary/aromatic N) is 4. The third-order valence-electron chi connectivity index (χ3n) is 3.14. The Bertz CT molecular complexity index is 516. The van der Waals surface area contributed by atoms with E-state index in [1.807, 2.05) is 24.3 Å². The molecular formula is C12H15N5O. The number of hydrogen-bond donors (Lipinski definition) is 1. The zero-order chi connectivity index (χ0) is 12.4. The fourth-order valence-corrected chi connectivity index (χ4v) is 2.07. The van der Waals surface area contributed by atoms with Crippen molar-refractivity contribution < 1.29 is 4.74 Å². The quantitative estimate of drug-likeness (QED) is 0.869. The van der Waals surface area contributed by atoms with Gasteiger partial charge in [-0.1, -0.05) is 0 Å². The Morgan fingerprint density at radius 3 is 2.83 bits per heavy atom. The Morgan fingerprint density at radius 2 is 2.17 bits per heavy atom. The van der Waals surface area contributed by atoms with Crippen molar-refractivity contribution in [2.24, 2.45) is 0 Å². The van der Waals surface area contributed by atoms with E-state index in [9.17, 15) is 0 Å². The van der Waals surface area contributed by atoms with Gasteiger partial charge < -0.3 is 10.1 Å². The van der Waals surface area contributed by atoms with Crippen LogP contribution >= 0.6 is 0 Å². The van der Waals surface area contributed by atoms with Crippen LogP contribution in [0.5, 0.6) is 5.75 Å². The Morgan fingerprint density at radius 1 is 1.33 bits per heavy atom. The summed E-state index contributed by atoms with van der Waals surface area (Å²) in [5, 5.41) is 15.9. The summed E-state index contributed by atoms with van der Waals surface area (Å²) in [4.78, 5) is 1.71. The molecule has 0 saturated carbocycles. The molecule has 0 bridgehead atoms. The van der Waals surface area contributed by atoms with Crippen LogP contribution in [0.2, 0.25) is 0 Å². The number of tetrazole rings is 1. The first-order chi connectivity index (χ1) is 8.86. The lowest BCUT2D eigenvalue weighted by molar-refractivity contribution is 0.415. The normalized spacial score (nSPS) is 19.1. The summed E-state index contributed by atoms with van der Waals surface area (Å²) in [5.41, 5.74) is 0.952. The van der Waals surface area contributed by atoms with Gasteiger partial charge in [0.1, 0.15) is 5.75 Å². The van der Waals surface area contributed by atoms with Gasteiger partial charge in [-0.2, -0.15) is 4.80 Å². The van der Waals surface area contributed by atoms with E-state index in [0.29, 0.717) is 11.9 Å². The van der Waals surface area contributed by atoms with Gasteiger partial charge in [-0.3, -0.25) is 0 Å². The Labute approximate surface area is 105 Å². The van der Waals surface area contributed by atoms with Crippen LogP contribution in [0.1, 0.15) is 12.5 Å². The van der Waals surface area contributed by atoms with Crippen molar-refractivity contribution in [2.45, 2.75) is 12.5 Å². The highest BCUT2D eigenvalue weighted by Crippen LogP contribution is 2.19. The first-order valence-corrected chi connectivity index (χ1v) is 6.01. The molecular weight excluding hydrogens is 230 g/mol. The average Bonchev–Trinajstić information content (AvgIpc) is 3.09. The maximum atomic E-state index is 5.12. The lowest BCUT2D eigenvalue weighted by Crippen LogP contribution is -2.15. The van der Waals surface area contributed by atoms with Crippen LogP contribution in [-0.4, -0.2) is 40.4 Å². The smallest absolute Gasteiger partial charge is 0.204 e. The van der Waals surface area contributed by atoms with Crippen LogP contribution in [0.4, 0.5) is 0 Å². The standard InChI is InChI=1S/C12H15N5O/c1-18-11-4-2-9(3-5-11)12-14-16-17(15-12)10-6-7-13-8-10/h2-5,10,13H,6-8H2,1H3. The summed E-state index contributed by atoms with van der Waals surface area (Å²) in [6.45, 7) is 1.93. The van der Waals surface area contributed by atoms with Gasteiger partial charge in [0, 0.05) is 12.1 Å². The summed E-state index contributed by atoms with van der Waals surface area (Å²) >= 11 is 0. The highest BCUT2D eigenvalue weighted by molar-refractivity contribution is 5.55. The SMILES string of the molecule is COc1ccc(-c2nnn(C3CCNC3)n2)cc1. The molecule has 1 atom stereocenters. The first kappa shape index (κ1) is 11.2. The molecule has 1 aromatic heterocycles. The molecule has 0 radical (unpaired) electrons. The molecule has 6 nitrogen and oxygen atoms in total. The second kappa shape index (κ2) is 4.73. The van der Waals surface area contributed by atoms with Crippen molar-refractivity contribution in [1.82, 2.24) is 25.5 Å². The zero-order valence-corrected chi connectivity index (χ0v) is 10.2. The lowest BCUT2D eigenvalue weighted by Gasteiger charge is -2.04. The summed E-state index contributed by atoms with van der Waals surface area (Å²) in [7, 11) is 1.65. The van der Waals surface area contributed by atoms with E-state index in [1.54, 1.807) is 11.9 Å². The summed E-state index contributed by atoms with van der Waals surface area (Å²) < 4.78 is 5.12. The van der Waals surface area contributed by atoms with E-state index in [1.165, 1.54) is 0 Å². The topological polar surface area (TPSA) is 64.9 Å². The van der Waals surface area contributed by atoms with E-state index in [-0.39, 0.29) is 0 Å². The minimum atomic E-state index is 0.324. The van der Waals surface area contributed by atoms with E-state index in [0.717, 1.165) is 30.8 Å². The van der Waals surface area contributed by atoms with Crippen LogP contribution in [-0.2, 0) is 0 Å². The maximum absolute atomic E-state index is 5.12. The van der Waals surface area contributed by atoms with Crippen molar-refractivity contribution in [3.8, 4) is 17.1 Å². The second-order valence-electron chi connectivity index (χ2n) is 4.31. The Hall–Kier alpha value is -1.95. The number of aromatic nitrogens is 4. The fourth-order valence-electron chi connectivity index (χ4n) is 2.07. The number of methoxy groups -OCH3 is 1. The van der Waals surface area contributed by atoms with Gasteiger partial charge in [0.25, 0.3) is 0 Å². The van der Waals surface area contributed by atoms with E-state index in [2.05, 4.69) is 20.7 Å². The third-order valence-corrected chi connectivity index (χ3v) is 3.14. The van der Waals surface area contributed by atoms with Gasteiger partial charge in [-0.05, 0) is 42.4 Å². The molecule has 0 aliphatic carbocycles. The fraction of sp³-hybridized carbons (Fsp3) is 0.417. The average molecular weight is 245 g/mol. The molecule has 1 fully saturated rings. The maximum Gasteiger partial charge on any atom is 0.204 e. The zero-order valence-electron chi connectivity index (χ0n) is 10.2. The van der Waals surface area contributed by atoms with Gasteiger partial charge in [0.15, 0.2) is 0 Å². The number of hydrogen-bond acceptors (Lipinski definition) is 5. The second-order valence-corrected chi connectivity index (χ2v) is 4.31. The van der Waals surface area contributed by atoms with Gasteiger partial charge in [0.05, 0.1) is 13.2 Å². The summed E-state index contributed by atoms with van der Waals surface area (Å²) in [6, 6.07) is 7.99. The van der Waals surface area contributed by atoms with Gasteiger partial charge in [-0.25, -0.2) is 0 Å². The van der Waals surface area contributed by atoms with E-state index < -0.39 is 0 Å². The van der Waals surface area contributed by atoms with Gasteiger partial charge >= 0.3 is 0 Å². The lowest BCUT2D eigenvalue weighted by atomic mass is 10.2.